The molecule has 0 unspecified atom stereocenters. The third-order valence-corrected chi connectivity index (χ3v) is 3.88. The van der Waals surface area contributed by atoms with Gasteiger partial charge in [-0.15, -0.1) is 0 Å². The van der Waals surface area contributed by atoms with Gasteiger partial charge < -0.3 is 16.0 Å². The molecule has 0 amide bonds. The Labute approximate surface area is 136 Å². The fourth-order valence-electron chi connectivity index (χ4n) is 2.63. The Morgan fingerprint density at radius 3 is 2.35 bits per heavy atom. The van der Waals surface area contributed by atoms with E-state index in [0.717, 1.165) is 29.7 Å². The molecule has 0 saturated carbocycles. The van der Waals surface area contributed by atoms with Gasteiger partial charge in [-0.25, -0.2) is 4.98 Å². The Bertz CT molecular complexity index is 794. The summed E-state index contributed by atoms with van der Waals surface area (Å²) in [6, 6.07) is 16.0. The highest BCUT2D eigenvalue weighted by Gasteiger charge is 2.06. The molecule has 5 heteroatoms. The summed E-state index contributed by atoms with van der Waals surface area (Å²) < 4.78 is 0. The maximum Gasteiger partial charge on any atom is 0.229 e. The summed E-state index contributed by atoms with van der Waals surface area (Å²) in [7, 11) is 0. The van der Waals surface area contributed by atoms with Gasteiger partial charge in [0, 0.05) is 29.9 Å². The van der Waals surface area contributed by atoms with Crippen molar-refractivity contribution in [2.24, 2.45) is 0 Å². The largest absolute Gasteiger partial charge is 0.383 e. The maximum atomic E-state index is 6.01. The van der Waals surface area contributed by atoms with Crippen LogP contribution in [0.15, 0.2) is 48.5 Å². The number of nitrogens with two attached hydrogens (primary N) is 1. The lowest BCUT2D eigenvalue weighted by atomic mass is 10.2. The second-order valence-corrected chi connectivity index (χ2v) is 5.29. The molecule has 1 aromatic heterocycles. The van der Waals surface area contributed by atoms with Crippen molar-refractivity contribution in [3.05, 3.63) is 48.5 Å². The molecule has 23 heavy (non-hydrogen) atoms. The zero-order valence-electron chi connectivity index (χ0n) is 13.5. The Morgan fingerprint density at radius 2 is 1.65 bits per heavy atom. The van der Waals surface area contributed by atoms with Gasteiger partial charge in [-0.1, -0.05) is 12.1 Å². The molecule has 0 saturated heterocycles. The molecule has 2 aromatic carbocycles. The van der Waals surface area contributed by atoms with E-state index in [4.69, 9.17) is 5.73 Å². The van der Waals surface area contributed by atoms with Crippen molar-refractivity contribution >= 4 is 34.0 Å². The molecule has 0 spiro atoms. The van der Waals surface area contributed by atoms with Gasteiger partial charge in [0.25, 0.3) is 0 Å². The van der Waals surface area contributed by atoms with E-state index in [2.05, 4.69) is 46.2 Å². The molecule has 0 atom stereocenters. The molecule has 0 radical (unpaired) electrons. The van der Waals surface area contributed by atoms with Crippen LogP contribution in [0.3, 0.4) is 0 Å². The average molecular weight is 307 g/mol. The summed E-state index contributed by atoms with van der Waals surface area (Å²) in [5.74, 6) is 0.995. The first-order chi connectivity index (χ1) is 11.2. The fraction of sp³-hybridized carbons (Fsp3) is 0.222. The molecule has 118 valence electrons. The molecule has 5 nitrogen and oxygen atoms in total. The Morgan fingerprint density at radius 1 is 0.957 bits per heavy atom. The molecule has 0 bridgehead atoms. The second-order valence-electron chi connectivity index (χ2n) is 5.29. The van der Waals surface area contributed by atoms with Crippen LogP contribution in [0.2, 0.25) is 0 Å². The molecule has 3 N–H and O–H groups in total. The van der Waals surface area contributed by atoms with Gasteiger partial charge in [0.1, 0.15) is 5.82 Å². The predicted molar refractivity (Wildman–Crippen MR) is 97.2 cm³/mol. The predicted octanol–water partition coefficient (Wildman–Crippen LogP) is 3.80. The SMILES string of the molecule is CCN(CC)c1ccc(Nc2nc(N)c3ccccc3n2)cc1. The molecular formula is C18H21N5. The van der Waals surface area contributed by atoms with Gasteiger partial charge in [0.15, 0.2) is 0 Å². The van der Waals surface area contributed by atoms with Gasteiger partial charge in [-0.2, -0.15) is 4.98 Å². The molecule has 0 fully saturated rings. The van der Waals surface area contributed by atoms with Gasteiger partial charge >= 0.3 is 0 Å². The third-order valence-electron chi connectivity index (χ3n) is 3.88. The van der Waals surface area contributed by atoms with Gasteiger partial charge in [-0.05, 0) is 50.2 Å². The number of para-hydroxylation sites is 1. The summed E-state index contributed by atoms with van der Waals surface area (Å²) in [6.45, 7) is 6.30. The lowest BCUT2D eigenvalue weighted by molar-refractivity contribution is 0.866. The van der Waals surface area contributed by atoms with Crippen molar-refractivity contribution < 1.29 is 0 Å². The van der Waals surface area contributed by atoms with Crippen LogP contribution in [0.25, 0.3) is 10.9 Å². The first-order valence-electron chi connectivity index (χ1n) is 7.85. The number of rotatable bonds is 5. The lowest BCUT2D eigenvalue weighted by Gasteiger charge is -2.21. The van der Waals surface area contributed by atoms with Crippen LogP contribution in [0, 0.1) is 0 Å². The average Bonchev–Trinajstić information content (AvgIpc) is 2.57. The second kappa shape index (κ2) is 6.52. The van der Waals surface area contributed by atoms with E-state index in [9.17, 15) is 0 Å². The smallest absolute Gasteiger partial charge is 0.229 e. The van der Waals surface area contributed by atoms with Crippen molar-refractivity contribution in [1.82, 2.24) is 9.97 Å². The number of fused-ring (bicyclic) bond motifs is 1. The van der Waals surface area contributed by atoms with Crippen LogP contribution in [0.1, 0.15) is 13.8 Å². The molecule has 1 heterocycles. The molecule has 0 aliphatic rings. The van der Waals surface area contributed by atoms with E-state index in [-0.39, 0.29) is 0 Å². The Balaban J connectivity index is 1.84. The zero-order valence-corrected chi connectivity index (χ0v) is 13.5. The van der Waals surface area contributed by atoms with Gasteiger partial charge in [-0.3, -0.25) is 0 Å². The maximum absolute atomic E-state index is 6.01. The first-order valence-corrected chi connectivity index (χ1v) is 7.85. The monoisotopic (exact) mass is 307 g/mol. The summed E-state index contributed by atoms with van der Waals surface area (Å²) >= 11 is 0. The Kier molecular flexibility index (Phi) is 4.28. The van der Waals surface area contributed by atoms with Crippen molar-refractivity contribution in [1.29, 1.82) is 0 Å². The zero-order chi connectivity index (χ0) is 16.2. The quantitative estimate of drug-likeness (QED) is 0.750. The number of nitrogen functional groups attached to an aromatic ring is 1. The highest BCUT2D eigenvalue weighted by Crippen LogP contribution is 2.23. The fourth-order valence-corrected chi connectivity index (χ4v) is 2.63. The van der Waals surface area contributed by atoms with Crippen LogP contribution in [-0.2, 0) is 0 Å². The molecular weight excluding hydrogens is 286 g/mol. The number of aromatic nitrogens is 2. The number of anilines is 4. The summed E-state index contributed by atoms with van der Waals surface area (Å²) in [5, 5.41) is 4.09. The number of nitrogens with zero attached hydrogens (tertiary/aromatic N) is 3. The van der Waals surface area contributed by atoms with E-state index >= 15 is 0 Å². The van der Waals surface area contributed by atoms with E-state index in [1.807, 2.05) is 36.4 Å². The number of nitrogens with one attached hydrogen (secondary N) is 1. The van der Waals surface area contributed by atoms with E-state index in [1.165, 1.54) is 5.69 Å². The van der Waals surface area contributed by atoms with Crippen LogP contribution >= 0.6 is 0 Å². The van der Waals surface area contributed by atoms with Crippen LogP contribution < -0.4 is 16.0 Å². The first kappa shape index (κ1) is 15.1. The van der Waals surface area contributed by atoms with E-state index in [1.54, 1.807) is 0 Å². The highest BCUT2D eigenvalue weighted by molar-refractivity contribution is 5.89. The van der Waals surface area contributed by atoms with Crippen molar-refractivity contribution in [2.75, 3.05) is 29.0 Å². The standard InChI is InChI=1S/C18H21N5/c1-3-23(4-2)14-11-9-13(10-12-14)20-18-21-16-8-6-5-7-15(16)17(19)22-18/h5-12H,3-4H2,1-2H3,(H3,19,20,21,22). The number of hydrogen-bond donors (Lipinski definition) is 2. The molecule has 0 aliphatic heterocycles. The summed E-state index contributed by atoms with van der Waals surface area (Å²) in [6.07, 6.45) is 0. The van der Waals surface area contributed by atoms with E-state index in [0.29, 0.717) is 11.8 Å². The summed E-state index contributed by atoms with van der Waals surface area (Å²) in [5.41, 5.74) is 9.00. The third kappa shape index (κ3) is 3.18. The summed E-state index contributed by atoms with van der Waals surface area (Å²) in [4.78, 5) is 11.1. The number of benzene rings is 2. The van der Waals surface area contributed by atoms with Crippen molar-refractivity contribution in [3.8, 4) is 0 Å². The minimum atomic E-state index is 0.484. The van der Waals surface area contributed by atoms with Crippen molar-refractivity contribution in [3.63, 3.8) is 0 Å². The Hall–Kier alpha value is -2.82. The van der Waals surface area contributed by atoms with Crippen LogP contribution in [-0.4, -0.2) is 23.1 Å². The number of hydrogen-bond acceptors (Lipinski definition) is 5. The molecule has 3 aromatic rings. The van der Waals surface area contributed by atoms with E-state index < -0.39 is 0 Å². The highest BCUT2D eigenvalue weighted by atomic mass is 15.1. The van der Waals surface area contributed by atoms with Crippen LogP contribution in [0.5, 0.6) is 0 Å². The minimum absolute atomic E-state index is 0.484. The minimum Gasteiger partial charge on any atom is -0.383 e. The molecule has 3 rings (SSSR count). The van der Waals surface area contributed by atoms with Gasteiger partial charge in [0.05, 0.1) is 5.52 Å². The van der Waals surface area contributed by atoms with Crippen LogP contribution in [0.4, 0.5) is 23.1 Å². The van der Waals surface area contributed by atoms with Crippen molar-refractivity contribution in [2.45, 2.75) is 13.8 Å². The lowest BCUT2D eigenvalue weighted by Crippen LogP contribution is -2.21. The normalized spacial score (nSPS) is 10.7. The molecule has 0 aliphatic carbocycles. The topological polar surface area (TPSA) is 67.1 Å². The van der Waals surface area contributed by atoms with Gasteiger partial charge in [0.2, 0.25) is 5.95 Å².